The van der Waals surface area contributed by atoms with Crippen LogP contribution in [0.2, 0.25) is 5.15 Å². The average Bonchev–Trinajstić information content (AvgIpc) is 3.28. The van der Waals surface area contributed by atoms with Gasteiger partial charge in [0.05, 0.1) is 13.2 Å². The molecule has 1 aromatic carbocycles. The van der Waals surface area contributed by atoms with Gasteiger partial charge in [0.2, 0.25) is 0 Å². The van der Waals surface area contributed by atoms with E-state index < -0.39 is 0 Å². The van der Waals surface area contributed by atoms with Crippen LogP contribution in [0.5, 0.6) is 0 Å². The van der Waals surface area contributed by atoms with E-state index in [0.29, 0.717) is 5.15 Å². The summed E-state index contributed by atoms with van der Waals surface area (Å²) in [6.45, 7) is 17.8. The quantitative estimate of drug-likeness (QED) is 0.561. The first kappa shape index (κ1) is 24.8. The van der Waals surface area contributed by atoms with Gasteiger partial charge in [-0.25, -0.2) is 9.97 Å². The van der Waals surface area contributed by atoms with E-state index in [-0.39, 0.29) is 5.54 Å². The fourth-order valence-corrected chi connectivity index (χ4v) is 5.74. The van der Waals surface area contributed by atoms with Gasteiger partial charge in [0.25, 0.3) is 0 Å². The summed E-state index contributed by atoms with van der Waals surface area (Å²) in [5.74, 6) is 1.76. The number of halogens is 1. The van der Waals surface area contributed by atoms with Gasteiger partial charge in [-0.05, 0) is 45.7 Å². The highest BCUT2D eigenvalue weighted by atomic mass is 35.5. The van der Waals surface area contributed by atoms with Crippen LogP contribution in [0.25, 0.3) is 11.4 Å². The summed E-state index contributed by atoms with van der Waals surface area (Å²) in [6, 6.07) is 8.53. The fraction of sp³-hybridized carbons (Fsp3) is 0.630. The van der Waals surface area contributed by atoms with Crippen molar-refractivity contribution in [2.45, 2.75) is 39.2 Å². The van der Waals surface area contributed by atoms with Gasteiger partial charge in [-0.2, -0.15) is 0 Å². The van der Waals surface area contributed by atoms with Gasteiger partial charge in [-0.15, -0.1) is 0 Å². The molecule has 35 heavy (non-hydrogen) atoms. The van der Waals surface area contributed by atoms with Crippen LogP contribution in [0.4, 0.5) is 11.5 Å². The van der Waals surface area contributed by atoms with Gasteiger partial charge in [-0.3, -0.25) is 9.80 Å². The molecule has 190 valence electrons. The Labute approximate surface area is 215 Å². The molecule has 0 bridgehead atoms. The molecule has 0 radical (unpaired) electrons. The maximum atomic E-state index is 6.73. The molecule has 2 saturated heterocycles. The summed E-state index contributed by atoms with van der Waals surface area (Å²) in [5, 5.41) is 0.605. The summed E-state index contributed by atoms with van der Waals surface area (Å²) in [6.07, 6.45) is 2.04. The van der Waals surface area contributed by atoms with Crippen LogP contribution in [0.1, 0.15) is 32.8 Å². The van der Waals surface area contributed by atoms with Crippen molar-refractivity contribution in [2.24, 2.45) is 0 Å². The number of anilines is 2. The zero-order valence-electron chi connectivity index (χ0n) is 21.5. The van der Waals surface area contributed by atoms with E-state index in [0.717, 1.165) is 108 Å². The highest BCUT2D eigenvalue weighted by Gasteiger charge is 2.29. The number of hydrogen-bond donors (Lipinski definition) is 0. The predicted molar refractivity (Wildman–Crippen MR) is 144 cm³/mol. The van der Waals surface area contributed by atoms with E-state index in [1.165, 1.54) is 5.69 Å². The van der Waals surface area contributed by atoms with E-state index in [9.17, 15) is 0 Å². The molecule has 8 heteroatoms. The minimum atomic E-state index is 0.202. The Balaban J connectivity index is 1.32. The van der Waals surface area contributed by atoms with Crippen molar-refractivity contribution in [3.63, 3.8) is 0 Å². The van der Waals surface area contributed by atoms with Crippen LogP contribution in [-0.4, -0.2) is 97.4 Å². The van der Waals surface area contributed by atoms with Crippen LogP contribution in [0, 0.1) is 0 Å². The third-order valence-electron chi connectivity index (χ3n) is 7.59. The molecule has 3 aliphatic heterocycles. The molecule has 0 spiro atoms. The first-order valence-electron chi connectivity index (χ1n) is 13.1. The van der Waals surface area contributed by atoms with Crippen LogP contribution < -0.4 is 9.80 Å². The third kappa shape index (κ3) is 5.58. The molecular weight excluding hydrogens is 460 g/mol. The summed E-state index contributed by atoms with van der Waals surface area (Å²) < 4.78 is 5.48. The Hall–Kier alpha value is -1.93. The zero-order valence-corrected chi connectivity index (χ0v) is 22.2. The SMILES string of the molecule is CC(C)(C)N1CCN(c2ccccc2-c2nc(Cl)c3c(n2)N(CCCN2CCOCC2)CC3)CC1. The third-order valence-corrected chi connectivity index (χ3v) is 7.90. The number of nitrogens with zero attached hydrogens (tertiary/aromatic N) is 6. The standard InChI is InChI=1S/C27H39ClN6O/c1-27(2,3)34-15-13-32(14-16-34)23-8-5-4-7-21(23)25-29-24(28)22-9-12-33(26(22)30-25)11-6-10-31-17-19-35-20-18-31/h4-5,7-8H,6,9-20H2,1-3H3. The zero-order chi connectivity index (χ0) is 24.4. The molecule has 0 amide bonds. The van der Waals surface area contributed by atoms with Gasteiger partial charge >= 0.3 is 0 Å². The van der Waals surface area contributed by atoms with E-state index >= 15 is 0 Å². The number of piperazine rings is 1. The largest absolute Gasteiger partial charge is 0.379 e. The summed E-state index contributed by atoms with van der Waals surface area (Å²) in [5.41, 5.74) is 3.57. The lowest BCUT2D eigenvalue weighted by Gasteiger charge is -2.43. The Morgan fingerprint density at radius 2 is 1.66 bits per heavy atom. The van der Waals surface area contributed by atoms with Crippen molar-refractivity contribution in [1.29, 1.82) is 0 Å². The second-order valence-corrected chi connectivity index (χ2v) is 11.2. The molecule has 2 fully saturated rings. The van der Waals surface area contributed by atoms with Gasteiger partial charge in [0.1, 0.15) is 11.0 Å². The second kappa shape index (κ2) is 10.6. The number of benzene rings is 1. The van der Waals surface area contributed by atoms with Gasteiger partial charge in [0, 0.05) is 81.3 Å². The van der Waals surface area contributed by atoms with E-state index in [4.69, 9.17) is 26.3 Å². The van der Waals surface area contributed by atoms with Crippen LogP contribution in [-0.2, 0) is 11.2 Å². The normalized spacial score (nSPS) is 19.9. The lowest BCUT2D eigenvalue weighted by atomic mass is 10.0. The fourth-order valence-electron chi connectivity index (χ4n) is 5.48. The molecule has 0 atom stereocenters. The maximum Gasteiger partial charge on any atom is 0.165 e. The van der Waals surface area contributed by atoms with Crippen LogP contribution in [0.15, 0.2) is 24.3 Å². The molecule has 0 aliphatic carbocycles. The summed E-state index contributed by atoms with van der Waals surface area (Å²) >= 11 is 6.73. The minimum absolute atomic E-state index is 0.202. The van der Waals surface area contributed by atoms with E-state index in [2.05, 4.69) is 64.6 Å². The monoisotopic (exact) mass is 498 g/mol. The van der Waals surface area contributed by atoms with Gasteiger partial charge in [-0.1, -0.05) is 23.7 Å². The average molecular weight is 499 g/mol. The summed E-state index contributed by atoms with van der Waals surface area (Å²) in [4.78, 5) is 19.8. The smallest absolute Gasteiger partial charge is 0.165 e. The van der Waals surface area contributed by atoms with E-state index in [1.54, 1.807) is 0 Å². The lowest BCUT2D eigenvalue weighted by Crippen LogP contribution is -2.53. The molecule has 7 nitrogen and oxygen atoms in total. The van der Waals surface area contributed by atoms with Gasteiger partial charge < -0.3 is 14.5 Å². The lowest BCUT2D eigenvalue weighted by molar-refractivity contribution is 0.0376. The Morgan fingerprint density at radius 1 is 0.914 bits per heavy atom. The second-order valence-electron chi connectivity index (χ2n) is 10.8. The van der Waals surface area contributed by atoms with Crippen molar-refractivity contribution >= 4 is 23.1 Å². The molecule has 2 aromatic rings. The number of rotatable bonds is 6. The number of hydrogen-bond acceptors (Lipinski definition) is 7. The highest BCUT2D eigenvalue weighted by Crippen LogP contribution is 2.36. The number of ether oxygens (including phenoxy) is 1. The first-order chi connectivity index (χ1) is 16.9. The first-order valence-corrected chi connectivity index (χ1v) is 13.5. The molecule has 5 rings (SSSR count). The molecular formula is C27H39ClN6O. The minimum Gasteiger partial charge on any atom is -0.379 e. The Bertz CT molecular complexity index is 1010. The van der Waals surface area contributed by atoms with E-state index in [1.807, 2.05) is 0 Å². The molecule has 0 unspecified atom stereocenters. The maximum absolute atomic E-state index is 6.73. The van der Waals surface area contributed by atoms with Crippen molar-refractivity contribution in [1.82, 2.24) is 19.8 Å². The van der Waals surface area contributed by atoms with Crippen molar-refractivity contribution in [3.8, 4) is 11.4 Å². The molecule has 0 N–H and O–H groups in total. The Morgan fingerprint density at radius 3 is 2.40 bits per heavy atom. The van der Waals surface area contributed by atoms with Crippen molar-refractivity contribution < 1.29 is 4.74 Å². The number of para-hydroxylation sites is 1. The van der Waals surface area contributed by atoms with Crippen molar-refractivity contribution in [3.05, 3.63) is 35.0 Å². The highest BCUT2D eigenvalue weighted by molar-refractivity contribution is 6.30. The Kier molecular flexibility index (Phi) is 7.49. The summed E-state index contributed by atoms with van der Waals surface area (Å²) in [7, 11) is 0. The number of aromatic nitrogens is 2. The van der Waals surface area contributed by atoms with Crippen LogP contribution >= 0.6 is 11.6 Å². The topological polar surface area (TPSA) is 48.0 Å². The van der Waals surface area contributed by atoms with Crippen LogP contribution in [0.3, 0.4) is 0 Å². The molecule has 1 aromatic heterocycles. The molecule has 0 saturated carbocycles. The molecule has 3 aliphatic rings. The predicted octanol–water partition coefficient (Wildman–Crippen LogP) is 3.80. The molecule has 4 heterocycles. The van der Waals surface area contributed by atoms with Gasteiger partial charge in [0.15, 0.2) is 5.82 Å². The van der Waals surface area contributed by atoms with Crippen molar-refractivity contribution in [2.75, 3.05) is 81.9 Å². The number of morpholine rings is 1. The number of fused-ring (bicyclic) bond motifs is 1.